The van der Waals surface area contributed by atoms with Gasteiger partial charge in [-0.15, -0.1) is 11.3 Å². The van der Waals surface area contributed by atoms with Crippen LogP contribution in [0.2, 0.25) is 0 Å². The predicted molar refractivity (Wildman–Crippen MR) is 107 cm³/mol. The summed E-state index contributed by atoms with van der Waals surface area (Å²) in [5.41, 5.74) is 3.68. The van der Waals surface area contributed by atoms with E-state index in [1.54, 1.807) is 23.5 Å². The minimum atomic E-state index is -0.226. The van der Waals surface area contributed by atoms with Crippen molar-refractivity contribution in [2.45, 2.75) is 20.3 Å². The number of anilines is 1. The van der Waals surface area contributed by atoms with Crippen LogP contribution in [-0.4, -0.2) is 28.3 Å². The summed E-state index contributed by atoms with van der Waals surface area (Å²) in [4.78, 5) is 31.8. The van der Waals surface area contributed by atoms with Gasteiger partial charge in [0, 0.05) is 36.2 Å². The molecule has 0 saturated heterocycles. The van der Waals surface area contributed by atoms with Crippen LogP contribution in [0, 0.1) is 6.92 Å². The Morgan fingerprint density at radius 2 is 1.93 bits per heavy atom. The highest BCUT2D eigenvalue weighted by Crippen LogP contribution is 2.21. The van der Waals surface area contributed by atoms with Crippen molar-refractivity contribution in [3.8, 4) is 11.3 Å². The average Bonchev–Trinajstić information content (AvgIpc) is 3.08. The fraction of sp³-hybridized carbons (Fsp3) is 0.200. The monoisotopic (exact) mass is 380 g/mol. The lowest BCUT2D eigenvalue weighted by molar-refractivity contribution is -0.114. The van der Waals surface area contributed by atoms with Crippen LogP contribution in [0.5, 0.6) is 0 Å². The number of aryl methyl sites for hydroxylation is 1. The Bertz CT molecular complexity index is 951. The maximum absolute atomic E-state index is 12.3. The van der Waals surface area contributed by atoms with Gasteiger partial charge in [0.25, 0.3) is 5.91 Å². The summed E-state index contributed by atoms with van der Waals surface area (Å²) in [6, 6.07) is 11.4. The molecule has 0 aliphatic carbocycles. The SMILES string of the molecule is CC(=O)Nc1cc(C(=O)NCCc2ccc(-c3csc(C)n3)cc2)ccn1. The Hall–Kier alpha value is -3.06. The van der Waals surface area contributed by atoms with Gasteiger partial charge in [0.2, 0.25) is 5.91 Å². The normalized spacial score (nSPS) is 10.4. The van der Waals surface area contributed by atoms with E-state index in [1.807, 2.05) is 19.1 Å². The van der Waals surface area contributed by atoms with Crippen LogP contribution >= 0.6 is 11.3 Å². The Morgan fingerprint density at radius 3 is 2.59 bits per heavy atom. The van der Waals surface area contributed by atoms with E-state index in [0.717, 1.165) is 28.2 Å². The van der Waals surface area contributed by atoms with E-state index < -0.39 is 0 Å². The number of hydrogen-bond donors (Lipinski definition) is 2. The van der Waals surface area contributed by atoms with Gasteiger partial charge in [-0.1, -0.05) is 24.3 Å². The third kappa shape index (κ3) is 5.21. The van der Waals surface area contributed by atoms with Gasteiger partial charge < -0.3 is 10.6 Å². The first-order valence-corrected chi connectivity index (χ1v) is 9.42. The van der Waals surface area contributed by atoms with E-state index in [4.69, 9.17) is 0 Å². The molecule has 6 nitrogen and oxygen atoms in total. The van der Waals surface area contributed by atoms with Gasteiger partial charge in [0.1, 0.15) is 5.82 Å². The number of nitrogens with zero attached hydrogens (tertiary/aromatic N) is 2. The molecule has 2 amide bonds. The third-order valence-electron chi connectivity index (χ3n) is 3.89. The molecule has 0 bridgehead atoms. The molecule has 0 spiro atoms. The van der Waals surface area contributed by atoms with Crippen LogP contribution in [0.1, 0.15) is 27.9 Å². The van der Waals surface area contributed by atoms with Gasteiger partial charge in [-0.3, -0.25) is 9.59 Å². The van der Waals surface area contributed by atoms with Gasteiger partial charge in [0.05, 0.1) is 10.7 Å². The first-order chi connectivity index (χ1) is 13.0. The topological polar surface area (TPSA) is 84.0 Å². The number of amides is 2. The molecule has 0 fully saturated rings. The molecule has 0 unspecified atom stereocenters. The second-order valence-corrected chi connectivity index (χ2v) is 7.13. The zero-order chi connectivity index (χ0) is 19.2. The molecule has 7 heteroatoms. The van der Waals surface area contributed by atoms with Crippen molar-refractivity contribution in [1.82, 2.24) is 15.3 Å². The van der Waals surface area contributed by atoms with Crippen LogP contribution in [0.25, 0.3) is 11.3 Å². The van der Waals surface area contributed by atoms with Crippen molar-refractivity contribution >= 4 is 29.0 Å². The highest BCUT2D eigenvalue weighted by Gasteiger charge is 2.08. The lowest BCUT2D eigenvalue weighted by Gasteiger charge is -2.07. The fourth-order valence-electron chi connectivity index (χ4n) is 2.58. The quantitative estimate of drug-likeness (QED) is 0.686. The van der Waals surface area contributed by atoms with Crippen molar-refractivity contribution in [2.24, 2.45) is 0 Å². The van der Waals surface area contributed by atoms with Crippen molar-refractivity contribution in [2.75, 3.05) is 11.9 Å². The molecule has 138 valence electrons. The predicted octanol–water partition coefficient (Wildman–Crippen LogP) is 3.44. The summed E-state index contributed by atoms with van der Waals surface area (Å²) >= 11 is 1.64. The third-order valence-corrected chi connectivity index (χ3v) is 4.67. The second-order valence-electron chi connectivity index (χ2n) is 6.07. The molecule has 1 aromatic carbocycles. The summed E-state index contributed by atoms with van der Waals surface area (Å²) in [5, 5.41) is 8.56. The van der Waals surface area contributed by atoms with E-state index in [1.165, 1.54) is 13.1 Å². The lowest BCUT2D eigenvalue weighted by Crippen LogP contribution is -2.25. The number of benzene rings is 1. The largest absolute Gasteiger partial charge is 0.352 e. The number of rotatable bonds is 6. The fourth-order valence-corrected chi connectivity index (χ4v) is 3.20. The van der Waals surface area contributed by atoms with Crippen LogP contribution in [0.15, 0.2) is 48.0 Å². The average molecular weight is 380 g/mol. The van der Waals surface area contributed by atoms with Gasteiger partial charge >= 0.3 is 0 Å². The minimum absolute atomic E-state index is 0.196. The van der Waals surface area contributed by atoms with E-state index in [2.05, 4.69) is 38.1 Å². The molecule has 27 heavy (non-hydrogen) atoms. The van der Waals surface area contributed by atoms with Gasteiger partial charge in [-0.2, -0.15) is 0 Å². The molecule has 0 saturated carbocycles. The molecule has 0 atom stereocenters. The van der Waals surface area contributed by atoms with Gasteiger partial charge in [0.15, 0.2) is 0 Å². The van der Waals surface area contributed by atoms with E-state index in [-0.39, 0.29) is 11.8 Å². The Balaban J connectivity index is 1.53. The van der Waals surface area contributed by atoms with E-state index >= 15 is 0 Å². The Labute approximate surface area is 161 Å². The Kier molecular flexibility index (Phi) is 5.93. The zero-order valence-electron chi connectivity index (χ0n) is 15.2. The van der Waals surface area contributed by atoms with Gasteiger partial charge in [-0.25, -0.2) is 9.97 Å². The molecule has 2 aromatic heterocycles. The molecule has 0 aliphatic rings. The Morgan fingerprint density at radius 1 is 1.15 bits per heavy atom. The highest BCUT2D eigenvalue weighted by molar-refractivity contribution is 7.09. The number of carbonyl (C=O) groups is 2. The number of aromatic nitrogens is 2. The van der Waals surface area contributed by atoms with Crippen molar-refractivity contribution in [3.63, 3.8) is 0 Å². The smallest absolute Gasteiger partial charge is 0.251 e. The summed E-state index contributed by atoms with van der Waals surface area (Å²) in [6.45, 7) is 3.91. The van der Waals surface area contributed by atoms with Crippen LogP contribution in [-0.2, 0) is 11.2 Å². The number of hydrogen-bond acceptors (Lipinski definition) is 5. The maximum Gasteiger partial charge on any atom is 0.251 e. The van der Waals surface area contributed by atoms with E-state index in [9.17, 15) is 9.59 Å². The summed E-state index contributed by atoms with van der Waals surface area (Å²) < 4.78 is 0. The van der Waals surface area contributed by atoms with Gasteiger partial charge in [-0.05, 0) is 31.0 Å². The lowest BCUT2D eigenvalue weighted by atomic mass is 10.1. The number of carbonyl (C=O) groups excluding carboxylic acids is 2. The molecule has 0 radical (unpaired) electrons. The van der Waals surface area contributed by atoms with Crippen LogP contribution in [0.3, 0.4) is 0 Å². The highest BCUT2D eigenvalue weighted by atomic mass is 32.1. The summed E-state index contributed by atoms with van der Waals surface area (Å²) in [6.07, 6.45) is 2.23. The van der Waals surface area contributed by atoms with E-state index in [0.29, 0.717) is 17.9 Å². The first kappa shape index (κ1) is 18.7. The second kappa shape index (κ2) is 8.55. The molecule has 2 N–H and O–H groups in total. The molecule has 2 heterocycles. The van der Waals surface area contributed by atoms with Crippen molar-refractivity contribution < 1.29 is 9.59 Å². The molecule has 3 rings (SSSR count). The molecule has 3 aromatic rings. The summed E-state index contributed by atoms with van der Waals surface area (Å²) in [7, 11) is 0. The maximum atomic E-state index is 12.3. The molecular weight excluding hydrogens is 360 g/mol. The number of nitrogens with one attached hydrogen (secondary N) is 2. The summed E-state index contributed by atoms with van der Waals surface area (Å²) in [5.74, 6) is -0.0575. The van der Waals surface area contributed by atoms with Crippen molar-refractivity contribution in [3.05, 3.63) is 64.1 Å². The number of pyridine rings is 1. The molecular formula is C20H20N4O2S. The first-order valence-electron chi connectivity index (χ1n) is 8.54. The minimum Gasteiger partial charge on any atom is -0.352 e. The van der Waals surface area contributed by atoms with Crippen LogP contribution in [0.4, 0.5) is 5.82 Å². The molecule has 0 aliphatic heterocycles. The number of thiazole rings is 1. The van der Waals surface area contributed by atoms with Crippen LogP contribution < -0.4 is 10.6 Å². The zero-order valence-corrected chi connectivity index (χ0v) is 16.0. The van der Waals surface area contributed by atoms with Crippen molar-refractivity contribution in [1.29, 1.82) is 0 Å². The standard InChI is InChI=1S/C20H20N4O2S/c1-13(25)23-19-11-17(8-10-21-19)20(26)22-9-7-15-3-5-16(6-4-15)18-12-27-14(2)24-18/h3-6,8,10-12H,7,9H2,1-2H3,(H,22,26)(H,21,23,25).